The van der Waals surface area contributed by atoms with Gasteiger partial charge in [0.05, 0.1) is 17.8 Å². The summed E-state index contributed by atoms with van der Waals surface area (Å²) in [6, 6.07) is 8.90. The van der Waals surface area contributed by atoms with Gasteiger partial charge in [0, 0.05) is 30.7 Å². The average molecular weight is 328 g/mol. The van der Waals surface area contributed by atoms with Gasteiger partial charge in [0.15, 0.2) is 5.11 Å². The van der Waals surface area contributed by atoms with E-state index in [0.717, 1.165) is 10.8 Å². The van der Waals surface area contributed by atoms with Gasteiger partial charge in [-0.3, -0.25) is 4.98 Å². The van der Waals surface area contributed by atoms with E-state index in [1.54, 1.807) is 0 Å². The second-order valence-electron chi connectivity index (χ2n) is 6.51. The molecule has 0 bridgehead atoms. The van der Waals surface area contributed by atoms with Crippen molar-refractivity contribution in [3.8, 4) is 0 Å². The van der Waals surface area contributed by atoms with E-state index in [2.05, 4.69) is 66.6 Å². The van der Waals surface area contributed by atoms with Crippen LogP contribution in [0.25, 0.3) is 0 Å². The molecule has 1 aliphatic heterocycles. The lowest BCUT2D eigenvalue weighted by Gasteiger charge is -2.31. The zero-order valence-electron chi connectivity index (χ0n) is 14.4. The SMILES string of the molecule is Cc1cc([C@@H]2[C@H](c3ccccn3)NC(=S)N2C(C)C)c(C)n1C. The average Bonchev–Trinajstić information content (AvgIpc) is 3.00. The van der Waals surface area contributed by atoms with E-state index in [9.17, 15) is 0 Å². The molecule has 23 heavy (non-hydrogen) atoms. The summed E-state index contributed by atoms with van der Waals surface area (Å²) < 4.78 is 2.24. The molecular weight excluding hydrogens is 304 g/mol. The molecule has 0 saturated carbocycles. The second kappa shape index (κ2) is 5.96. The van der Waals surface area contributed by atoms with Crippen LogP contribution in [0.4, 0.5) is 0 Å². The van der Waals surface area contributed by atoms with Crippen molar-refractivity contribution in [2.45, 2.75) is 45.8 Å². The number of nitrogens with zero attached hydrogens (tertiary/aromatic N) is 3. The Morgan fingerprint density at radius 2 is 2.00 bits per heavy atom. The van der Waals surface area contributed by atoms with Gasteiger partial charge in [0.2, 0.25) is 0 Å². The van der Waals surface area contributed by atoms with Crippen molar-refractivity contribution >= 4 is 17.3 Å². The van der Waals surface area contributed by atoms with Crippen molar-refractivity contribution in [3.63, 3.8) is 0 Å². The Labute approximate surface area is 143 Å². The third-order valence-corrected chi connectivity index (χ3v) is 5.15. The molecule has 1 fully saturated rings. The number of pyridine rings is 1. The number of thiocarbonyl (C=S) groups is 1. The number of hydrogen-bond donors (Lipinski definition) is 1. The van der Waals surface area contributed by atoms with Crippen molar-refractivity contribution in [3.05, 3.63) is 53.1 Å². The molecule has 5 heteroatoms. The molecule has 2 atom stereocenters. The number of aryl methyl sites for hydroxylation is 1. The number of rotatable bonds is 3. The zero-order valence-corrected chi connectivity index (χ0v) is 15.2. The van der Waals surface area contributed by atoms with E-state index in [1.807, 2.05) is 18.3 Å². The Morgan fingerprint density at radius 3 is 2.52 bits per heavy atom. The third kappa shape index (κ3) is 2.63. The van der Waals surface area contributed by atoms with Crippen LogP contribution in [0.3, 0.4) is 0 Å². The highest BCUT2D eigenvalue weighted by atomic mass is 32.1. The minimum atomic E-state index is 0.0756. The first-order valence-corrected chi connectivity index (χ1v) is 8.45. The molecule has 1 saturated heterocycles. The summed E-state index contributed by atoms with van der Waals surface area (Å²) in [5.41, 5.74) is 4.90. The minimum Gasteiger partial charge on any atom is -0.352 e. The summed E-state index contributed by atoms with van der Waals surface area (Å²) in [6.45, 7) is 8.70. The van der Waals surface area contributed by atoms with Crippen LogP contribution in [0.15, 0.2) is 30.5 Å². The van der Waals surface area contributed by atoms with Crippen molar-refractivity contribution in [2.75, 3.05) is 0 Å². The summed E-state index contributed by atoms with van der Waals surface area (Å²) in [5.74, 6) is 0. The molecule has 3 heterocycles. The molecule has 0 aromatic carbocycles. The maximum Gasteiger partial charge on any atom is 0.170 e. The molecule has 1 N–H and O–H groups in total. The molecular formula is C18H24N4S. The van der Waals surface area contributed by atoms with Crippen LogP contribution in [-0.4, -0.2) is 25.6 Å². The Balaban J connectivity index is 2.13. The van der Waals surface area contributed by atoms with Crippen molar-refractivity contribution in [2.24, 2.45) is 7.05 Å². The van der Waals surface area contributed by atoms with Crippen molar-refractivity contribution in [1.82, 2.24) is 19.8 Å². The fourth-order valence-electron chi connectivity index (χ4n) is 3.44. The van der Waals surface area contributed by atoms with Crippen LogP contribution < -0.4 is 5.32 Å². The molecule has 122 valence electrons. The van der Waals surface area contributed by atoms with Crippen LogP contribution in [-0.2, 0) is 7.05 Å². The Bertz CT molecular complexity index is 720. The number of hydrogen-bond acceptors (Lipinski definition) is 2. The van der Waals surface area contributed by atoms with E-state index >= 15 is 0 Å². The first-order valence-electron chi connectivity index (χ1n) is 8.04. The van der Waals surface area contributed by atoms with Gasteiger partial charge in [-0.2, -0.15) is 0 Å². The zero-order chi connectivity index (χ0) is 16.7. The Kier molecular flexibility index (Phi) is 4.15. The lowest BCUT2D eigenvalue weighted by molar-refractivity contribution is 0.268. The van der Waals surface area contributed by atoms with E-state index in [-0.39, 0.29) is 12.1 Å². The van der Waals surface area contributed by atoms with Gasteiger partial charge in [-0.1, -0.05) is 6.07 Å². The predicted molar refractivity (Wildman–Crippen MR) is 97.3 cm³/mol. The maximum atomic E-state index is 5.63. The first-order chi connectivity index (χ1) is 10.9. The van der Waals surface area contributed by atoms with Crippen LogP contribution in [0.2, 0.25) is 0 Å². The van der Waals surface area contributed by atoms with Crippen LogP contribution in [0.5, 0.6) is 0 Å². The molecule has 1 aliphatic rings. The lowest BCUT2D eigenvalue weighted by Crippen LogP contribution is -2.35. The largest absolute Gasteiger partial charge is 0.352 e. The fraction of sp³-hybridized carbons (Fsp3) is 0.444. The van der Waals surface area contributed by atoms with Gasteiger partial charge in [-0.25, -0.2) is 0 Å². The monoisotopic (exact) mass is 328 g/mol. The molecule has 0 radical (unpaired) electrons. The molecule has 2 aromatic rings. The van der Waals surface area contributed by atoms with E-state index < -0.39 is 0 Å². The van der Waals surface area contributed by atoms with Gasteiger partial charge in [-0.15, -0.1) is 0 Å². The summed E-state index contributed by atoms with van der Waals surface area (Å²) in [4.78, 5) is 6.87. The quantitative estimate of drug-likeness (QED) is 0.875. The Morgan fingerprint density at radius 1 is 1.26 bits per heavy atom. The van der Waals surface area contributed by atoms with Crippen molar-refractivity contribution < 1.29 is 0 Å². The topological polar surface area (TPSA) is 33.1 Å². The van der Waals surface area contributed by atoms with E-state index in [0.29, 0.717) is 6.04 Å². The molecule has 0 aliphatic carbocycles. The lowest BCUT2D eigenvalue weighted by atomic mass is 9.96. The van der Waals surface area contributed by atoms with Gasteiger partial charge < -0.3 is 14.8 Å². The Hall–Kier alpha value is -1.88. The van der Waals surface area contributed by atoms with E-state index in [1.165, 1.54) is 17.0 Å². The molecule has 0 amide bonds. The summed E-state index contributed by atoms with van der Waals surface area (Å²) in [7, 11) is 2.12. The van der Waals surface area contributed by atoms with Gasteiger partial charge in [-0.05, 0) is 63.7 Å². The fourth-order valence-corrected chi connectivity index (χ4v) is 3.89. The standard InChI is InChI=1S/C18H24N4S/c1-11(2)22-17(14-10-12(3)21(5)13(14)4)16(20-18(22)23)15-8-6-7-9-19-15/h6-11,16-17H,1-5H3,(H,20,23)/t16-,17+/m0/s1. The highest BCUT2D eigenvalue weighted by Gasteiger charge is 2.42. The summed E-state index contributed by atoms with van der Waals surface area (Å²) in [6.07, 6.45) is 1.85. The van der Waals surface area contributed by atoms with Gasteiger partial charge >= 0.3 is 0 Å². The normalized spacial score (nSPS) is 21.1. The highest BCUT2D eigenvalue weighted by molar-refractivity contribution is 7.80. The summed E-state index contributed by atoms with van der Waals surface area (Å²) >= 11 is 5.63. The first kappa shape index (κ1) is 16.0. The molecule has 2 aromatic heterocycles. The highest BCUT2D eigenvalue weighted by Crippen LogP contribution is 2.41. The smallest absolute Gasteiger partial charge is 0.170 e. The van der Waals surface area contributed by atoms with Crippen LogP contribution >= 0.6 is 12.2 Å². The molecule has 3 rings (SSSR count). The maximum absolute atomic E-state index is 5.63. The van der Waals surface area contributed by atoms with Crippen LogP contribution in [0, 0.1) is 13.8 Å². The number of aromatic nitrogens is 2. The molecule has 4 nitrogen and oxygen atoms in total. The third-order valence-electron chi connectivity index (χ3n) is 4.82. The van der Waals surface area contributed by atoms with Gasteiger partial charge in [0.1, 0.15) is 0 Å². The molecule has 0 unspecified atom stereocenters. The summed E-state index contributed by atoms with van der Waals surface area (Å²) in [5, 5.41) is 4.30. The van der Waals surface area contributed by atoms with Gasteiger partial charge in [0.25, 0.3) is 0 Å². The second-order valence-corrected chi connectivity index (χ2v) is 6.90. The molecule has 0 spiro atoms. The van der Waals surface area contributed by atoms with Crippen molar-refractivity contribution in [1.29, 1.82) is 0 Å². The minimum absolute atomic E-state index is 0.0756. The van der Waals surface area contributed by atoms with Crippen LogP contribution in [0.1, 0.15) is 48.6 Å². The predicted octanol–water partition coefficient (Wildman–Crippen LogP) is 3.42. The number of nitrogens with one attached hydrogen (secondary N) is 1. The van der Waals surface area contributed by atoms with E-state index in [4.69, 9.17) is 12.2 Å².